The number of piperazine rings is 1. The number of nitrogens with one attached hydrogen (secondary N) is 2. The van der Waals surface area contributed by atoms with Gasteiger partial charge in [-0.05, 0) is 56.4 Å². The smallest absolute Gasteiger partial charge is 0.166 e. The van der Waals surface area contributed by atoms with Crippen molar-refractivity contribution in [2.45, 2.75) is 31.6 Å². The van der Waals surface area contributed by atoms with E-state index in [0.29, 0.717) is 0 Å². The molecule has 1 saturated heterocycles. The van der Waals surface area contributed by atoms with Gasteiger partial charge in [-0.2, -0.15) is 0 Å². The van der Waals surface area contributed by atoms with E-state index in [9.17, 15) is 0 Å². The van der Waals surface area contributed by atoms with Crippen molar-refractivity contribution in [1.82, 2.24) is 15.5 Å². The highest BCUT2D eigenvalue weighted by Crippen LogP contribution is 2.31. The van der Waals surface area contributed by atoms with Gasteiger partial charge in [0, 0.05) is 44.2 Å². The Morgan fingerprint density at radius 2 is 1.88 bits per heavy atom. The van der Waals surface area contributed by atoms with Crippen molar-refractivity contribution >= 4 is 34.8 Å². The molecule has 4 nitrogen and oxygen atoms in total. The average Bonchev–Trinajstić information content (AvgIpc) is 2.64. The minimum Gasteiger partial charge on any atom is -0.368 e. The largest absolute Gasteiger partial charge is 0.368 e. The van der Waals surface area contributed by atoms with Crippen LogP contribution in [0, 0.1) is 0 Å². The molecule has 25 heavy (non-hydrogen) atoms. The first kappa shape index (κ1) is 20.3. The molecule has 0 saturated carbocycles. The molecule has 0 radical (unpaired) electrons. The first-order valence-electron chi connectivity index (χ1n) is 9.45. The number of rotatable bonds is 9. The van der Waals surface area contributed by atoms with Crippen LogP contribution in [0.3, 0.4) is 0 Å². The summed E-state index contributed by atoms with van der Waals surface area (Å²) in [5.74, 6) is 1.19. The number of benzene rings is 1. The maximum absolute atomic E-state index is 5.19. The molecular formula is C19H32N4S2. The van der Waals surface area contributed by atoms with Crippen molar-refractivity contribution < 1.29 is 0 Å². The van der Waals surface area contributed by atoms with Crippen molar-refractivity contribution in [3.63, 3.8) is 0 Å². The number of hydrogen-bond donors (Lipinski definition) is 2. The number of thioether (sulfide) groups is 1. The maximum atomic E-state index is 5.19. The molecule has 1 aromatic rings. The predicted octanol–water partition coefficient (Wildman–Crippen LogP) is 3.18. The Hall–Kier alpha value is -0.980. The molecule has 2 rings (SSSR count). The third-order valence-electron chi connectivity index (χ3n) is 4.31. The van der Waals surface area contributed by atoms with Gasteiger partial charge in [-0.3, -0.25) is 4.90 Å². The fourth-order valence-electron chi connectivity index (χ4n) is 2.99. The zero-order valence-electron chi connectivity index (χ0n) is 15.6. The third-order valence-corrected chi connectivity index (χ3v) is 5.87. The number of hydrogen-bond acceptors (Lipinski definition) is 4. The van der Waals surface area contributed by atoms with Crippen LogP contribution in [0.25, 0.3) is 0 Å². The Balaban J connectivity index is 1.72. The summed E-state index contributed by atoms with van der Waals surface area (Å²) >= 11 is 7.17. The van der Waals surface area contributed by atoms with Crippen LogP contribution >= 0.6 is 24.0 Å². The lowest BCUT2D eigenvalue weighted by atomic mass is 10.2. The summed E-state index contributed by atoms with van der Waals surface area (Å²) in [5, 5.41) is 7.16. The Morgan fingerprint density at radius 1 is 1.12 bits per heavy atom. The molecule has 0 atom stereocenters. The minimum absolute atomic E-state index is 0.772. The van der Waals surface area contributed by atoms with Crippen molar-refractivity contribution in [3.8, 4) is 0 Å². The highest BCUT2D eigenvalue weighted by atomic mass is 32.2. The van der Waals surface area contributed by atoms with Gasteiger partial charge in [-0.25, -0.2) is 0 Å². The number of nitrogens with zero attached hydrogens (tertiary/aromatic N) is 2. The van der Waals surface area contributed by atoms with E-state index < -0.39 is 0 Å². The topological polar surface area (TPSA) is 30.5 Å². The van der Waals surface area contributed by atoms with Gasteiger partial charge in [0.2, 0.25) is 0 Å². The molecule has 0 aromatic heterocycles. The van der Waals surface area contributed by atoms with Crippen LogP contribution in [-0.4, -0.2) is 61.6 Å². The fourth-order valence-corrected chi connectivity index (χ4v) is 4.18. The molecule has 2 N–H and O–H groups in total. The molecule has 140 valence electrons. The first-order valence-corrected chi connectivity index (χ1v) is 10.8. The van der Waals surface area contributed by atoms with E-state index in [4.69, 9.17) is 12.2 Å². The second-order valence-corrected chi connectivity index (χ2v) is 7.83. The van der Waals surface area contributed by atoms with E-state index in [1.165, 1.54) is 22.8 Å². The summed E-state index contributed by atoms with van der Waals surface area (Å²) in [6.07, 6.45) is 2.35. The standard InChI is InChI=1S/C19H32N4S2/c1-3-16-25-18-9-6-5-8-17(18)23-14-12-22(13-15-23)11-7-10-21-19(24)20-4-2/h5-6,8-9H,3-4,7,10-16H2,1-2H3,(H2,20,21,24). The zero-order valence-corrected chi connectivity index (χ0v) is 17.2. The maximum Gasteiger partial charge on any atom is 0.166 e. The minimum atomic E-state index is 0.772. The lowest BCUT2D eigenvalue weighted by Crippen LogP contribution is -2.47. The molecule has 0 unspecified atom stereocenters. The predicted molar refractivity (Wildman–Crippen MR) is 115 cm³/mol. The molecule has 1 heterocycles. The average molecular weight is 381 g/mol. The van der Waals surface area contributed by atoms with Gasteiger partial charge in [-0.15, -0.1) is 11.8 Å². The Kier molecular flexibility index (Phi) is 9.43. The van der Waals surface area contributed by atoms with Crippen molar-refractivity contribution in [1.29, 1.82) is 0 Å². The highest BCUT2D eigenvalue weighted by Gasteiger charge is 2.18. The van der Waals surface area contributed by atoms with Gasteiger partial charge >= 0.3 is 0 Å². The normalized spacial score (nSPS) is 15.2. The van der Waals surface area contributed by atoms with Crippen LogP contribution in [0.2, 0.25) is 0 Å². The molecule has 0 bridgehead atoms. The molecular weight excluding hydrogens is 348 g/mol. The van der Waals surface area contributed by atoms with Crippen molar-refractivity contribution in [2.24, 2.45) is 0 Å². The summed E-state index contributed by atoms with van der Waals surface area (Å²) in [6.45, 7) is 11.8. The number of para-hydroxylation sites is 1. The molecule has 1 aliphatic rings. The van der Waals surface area contributed by atoms with E-state index in [0.717, 1.165) is 57.3 Å². The van der Waals surface area contributed by atoms with Crippen LogP contribution in [0.15, 0.2) is 29.2 Å². The summed E-state index contributed by atoms with van der Waals surface area (Å²) in [6, 6.07) is 8.86. The fraction of sp³-hybridized carbons (Fsp3) is 0.632. The SMILES string of the molecule is CCCSc1ccccc1N1CCN(CCCNC(=S)NCC)CC1. The Morgan fingerprint density at radius 3 is 2.60 bits per heavy atom. The van der Waals surface area contributed by atoms with Gasteiger partial charge in [0.05, 0.1) is 5.69 Å². The number of anilines is 1. The first-order chi connectivity index (χ1) is 12.2. The van der Waals surface area contributed by atoms with E-state index in [2.05, 4.69) is 58.5 Å². The lowest BCUT2D eigenvalue weighted by Gasteiger charge is -2.37. The molecule has 1 fully saturated rings. The van der Waals surface area contributed by atoms with Gasteiger partial charge in [0.1, 0.15) is 0 Å². The molecule has 1 aromatic carbocycles. The second kappa shape index (κ2) is 11.6. The van der Waals surface area contributed by atoms with Crippen molar-refractivity contribution in [2.75, 3.05) is 56.5 Å². The van der Waals surface area contributed by atoms with Crippen LogP contribution in [0.4, 0.5) is 5.69 Å². The molecule has 0 amide bonds. The van der Waals surface area contributed by atoms with Crippen LogP contribution in [-0.2, 0) is 0 Å². The quantitative estimate of drug-likeness (QED) is 0.389. The molecule has 1 aliphatic heterocycles. The number of thiocarbonyl (C=S) groups is 1. The van der Waals surface area contributed by atoms with E-state index in [1.54, 1.807) is 0 Å². The zero-order chi connectivity index (χ0) is 17.9. The molecule has 6 heteroatoms. The van der Waals surface area contributed by atoms with Crippen LogP contribution in [0.1, 0.15) is 26.7 Å². The van der Waals surface area contributed by atoms with E-state index >= 15 is 0 Å². The van der Waals surface area contributed by atoms with Gasteiger partial charge in [0.25, 0.3) is 0 Å². The lowest BCUT2D eigenvalue weighted by molar-refractivity contribution is 0.255. The summed E-state index contributed by atoms with van der Waals surface area (Å²) in [7, 11) is 0. The van der Waals surface area contributed by atoms with Gasteiger partial charge < -0.3 is 15.5 Å². The third kappa shape index (κ3) is 7.04. The Bertz CT molecular complexity index is 516. The van der Waals surface area contributed by atoms with Crippen LogP contribution in [0.5, 0.6) is 0 Å². The summed E-state index contributed by atoms with van der Waals surface area (Å²) < 4.78 is 0. The molecule has 0 aliphatic carbocycles. The van der Waals surface area contributed by atoms with Crippen molar-refractivity contribution in [3.05, 3.63) is 24.3 Å². The molecule has 0 spiro atoms. The Labute approximate surface area is 162 Å². The van der Waals surface area contributed by atoms with E-state index in [-0.39, 0.29) is 0 Å². The van der Waals surface area contributed by atoms with Gasteiger partial charge in [-0.1, -0.05) is 19.1 Å². The van der Waals surface area contributed by atoms with Gasteiger partial charge in [0.15, 0.2) is 5.11 Å². The summed E-state index contributed by atoms with van der Waals surface area (Å²) in [4.78, 5) is 6.54. The van der Waals surface area contributed by atoms with E-state index in [1.807, 2.05) is 11.8 Å². The summed E-state index contributed by atoms with van der Waals surface area (Å²) in [5.41, 5.74) is 1.42. The highest BCUT2D eigenvalue weighted by molar-refractivity contribution is 7.99. The van der Waals surface area contributed by atoms with Crippen LogP contribution < -0.4 is 15.5 Å². The monoisotopic (exact) mass is 380 g/mol. The second-order valence-electron chi connectivity index (χ2n) is 6.28.